The number of nitrogens with zero attached hydrogens (tertiary/aromatic N) is 1. The predicted molar refractivity (Wildman–Crippen MR) is 54.3 cm³/mol. The highest BCUT2D eigenvalue weighted by Crippen LogP contribution is 2.23. The summed E-state index contributed by atoms with van der Waals surface area (Å²) in [5.41, 5.74) is 0.566. The third kappa shape index (κ3) is 2.32. The molecule has 0 spiro atoms. The van der Waals surface area contributed by atoms with Crippen molar-refractivity contribution >= 4 is 5.82 Å². The maximum Gasteiger partial charge on any atom is 0.347 e. The molecule has 1 fully saturated rings. The van der Waals surface area contributed by atoms with Gasteiger partial charge in [0, 0.05) is 24.3 Å². The van der Waals surface area contributed by atoms with E-state index in [1.807, 2.05) is 13.1 Å². The van der Waals surface area contributed by atoms with Crippen LogP contribution in [0.5, 0.6) is 0 Å². The molecule has 0 amide bonds. The molecular formula is C9H14N4O. The van der Waals surface area contributed by atoms with Gasteiger partial charge in [-0.2, -0.15) is 4.98 Å². The third-order valence-corrected chi connectivity index (χ3v) is 2.10. The average molecular weight is 194 g/mol. The van der Waals surface area contributed by atoms with Crippen molar-refractivity contribution in [3.8, 4) is 0 Å². The van der Waals surface area contributed by atoms with Crippen molar-refractivity contribution in [3.05, 3.63) is 22.2 Å². The lowest BCUT2D eigenvalue weighted by Crippen LogP contribution is -2.19. The Morgan fingerprint density at radius 1 is 1.64 bits per heavy atom. The minimum Gasteiger partial charge on any atom is -0.367 e. The van der Waals surface area contributed by atoms with E-state index in [2.05, 4.69) is 20.6 Å². The molecule has 76 valence electrons. The molecule has 2 rings (SSSR count). The van der Waals surface area contributed by atoms with E-state index in [-0.39, 0.29) is 5.69 Å². The molecule has 5 nitrogen and oxygen atoms in total. The Morgan fingerprint density at radius 3 is 3.07 bits per heavy atom. The first-order valence-corrected chi connectivity index (χ1v) is 4.79. The summed E-state index contributed by atoms with van der Waals surface area (Å²) in [6, 6.07) is 2.39. The van der Waals surface area contributed by atoms with E-state index in [4.69, 9.17) is 0 Å². The maximum absolute atomic E-state index is 11.2. The molecule has 0 saturated heterocycles. The summed E-state index contributed by atoms with van der Waals surface area (Å²) in [4.78, 5) is 17.7. The Kier molecular flexibility index (Phi) is 2.49. The van der Waals surface area contributed by atoms with Crippen LogP contribution in [-0.4, -0.2) is 23.1 Å². The van der Waals surface area contributed by atoms with Crippen LogP contribution in [0.2, 0.25) is 0 Å². The summed E-state index contributed by atoms with van der Waals surface area (Å²) in [5, 5.41) is 6.18. The molecule has 0 bridgehead atoms. The Labute approximate surface area is 82.0 Å². The van der Waals surface area contributed by atoms with E-state index in [1.165, 1.54) is 12.8 Å². The van der Waals surface area contributed by atoms with E-state index in [1.54, 1.807) is 0 Å². The van der Waals surface area contributed by atoms with E-state index in [0.29, 0.717) is 18.4 Å². The molecule has 0 radical (unpaired) electrons. The van der Waals surface area contributed by atoms with Gasteiger partial charge in [0.2, 0.25) is 0 Å². The first-order chi connectivity index (χ1) is 6.78. The first-order valence-electron chi connectivity index (χ1n) is 4.79. The summed E-state index contributed by atoms with van der Waals surface area (Å²) in [6.45, 7) is 0.650. The third-order valence-electron chi connectivity index (χ3n) is 2.10. The molecular weight excluding hydrogens is 180 g/mol. The van der Waals surface area contributed by atoms with Gasteiger partial charge in [0.05, 0.1) is 0 Å². The largest absolute Gasteiger partial charge is 0.367 e. The molecule has 1 aromatic heterocycles. The topological polar surface area (TPSA) is 69.8 Å². The van der Waals surface area contributed by atoms with Crippen LogP contribution in [0.3, 0.4) is 0 Å². The van der Waals surface area contributed by atoms with Gasteiger partial charge in [-0.1, -0.05) is 0 Å². The lowest BCUT2D eigenvalue weighted by atomic mass is 10.4. The Bertz CT molecular complexity index is 369. The van der Waals surface area contributed by atoms with Crippen LogP contribution >= 0.6 is 0 Å². The van der Waals surface area contributed by atoms with E-state index >= 15 is 0 Å². The van der Waals surface area contributed by atoms with Gasteiger partial charge in [-0.05, 0) is 19.9 Å². The lowest BCUT2D eigenvalue weighted by Gasteiger charge is -2.04. The second-order valence-electron chi connectivity index (χ2n) is 3.55. The molecule has 0 aromatic carbocycles. The molecule has 5 heteroatoms. The zero-order valence-corrected chi connectivity index (χ0v) is 8.13. The van der Waals surface area contributed by atoms with E-state index in [9.17, 15) is 4.79 Å². The zero-order valence-electron chi connectivity index (χ0n) is 8.13. The summed E-state index contributed by atoms with van der Waals surface area (Å²) in [6.07, 6.45) is 2.35. The van der Waals surface area contributed by atoms with Gasteiger partial charge in [0.15, 0.2) is 0 Å². The van der Waals surface area contributed by atoms with Crippen molar-refractivity contribution in [2.45, 2.75) is 25.4 Å². The summed E-state index contributed by atoms with van der Waals surface area (Å²) < 4.78 is 0. The van der Waals surface area contributed by atoms with Crippen molar-refractivity contribution in [1.82, 2.24) is 15.3 Å². The van der Waals surface area contributed by atoms with Crippen molar-refractivity contribution in [2.24, 2.45) is 0 Å². The van der Waals surface area contributed by atoms with Crippen molar-refractivity contribution < 1.29 is 0 Å². The highest BCUT2D eigenvalue weighted by molar-refractivity contribution is 5.37. The second kappa shape index (κ2) is 3.79. The Balaban J connectivity index is 2.16. The highest BCUT2D eigenvalue weighted by Gasteiger charge is 2.21. The second-order valence-corrected chi connectivity index (χ2v) is 3.55. The number of hydrogen-bond donors (Lipinski definition) is 3. The summed E-state index contributed by atoms with van der Waals surface area (Å²) in [5.74, 6) is 0.682. The van der Waals surface area contributed by atoms with Gasteiger partial charge in [-0.15, -0.1) is 0 Å². The van der Waals surface area contributed by atoms with Crippen LogP contribution in [0.25, 0.3) is 0 Å². The number of H-pyrrole nitrogens is 1. The van der Waals surface area contributed by atoms with Crippen molar-refractivity contribution in [2.75, 3.05) is 12.4 Å². The van der Waals surface area contributed by atoms with Gasteiger partial charge in [0.1, 0.15) is 5.82 Å². The molecule has 1 aliphatic carbocycles. The first kappa shape index (κ1) is 9.21. The van der Waals surface area contributed by atoms with Gasteiger partial charge in [-0.25, -0.2) is 4.79 Å². The molecule has 1 aromatic rings. The number of anilines is 1. The van der Waals surface area contributed by atoms with Gasteiger partial charge in [-0.3, -0.25) is 0 Å². The van der Waals surface area contributed by atoms with Gasteiger partial charge < -0.3 is 15.6 Å². The lowest BCUT2D eigenvalue weighted by molar-refractivity contribution is 0.778. The van der Waals surface area contributed by atoms with Crippen molar-refractivity contribution in [1.29, 1.82) is 0 Å². The fourth-order valence-corrected chi connectivity index (χ4v) is 1.30. The smallest absolute Gasteiger partial charge is 0.347 e. The highest BCUT2D eigenvalue weighted by atomic mass is 16.1. The zero-order chi connectivity index (χ0) is 9.97. The van der Waals surface area contributed by atoms with Crippen LogP contribution in [0.15, 0.2) is 10.9 Å². The summed E-state index contributed by atoms with van der Waals surface area (Å²) >= 11 is 0. The monoisotopic (exact) mass is 194 g/mol. The van der Waals surface area contributed by atoms with E-state index in [0.717, 1.165) is 5.69 Å². The number of hydrogen-bond acceptors (Lipinski definition) is 4. The van der Waals surface area contributed by atoms with Gasteiger partial charge in [0.25, 0.3) is 0 Å². The maximum atomic E-state index is 11.2. The Morgan fingerprint density at radius 2 is 2.43 bits per heavy atom. The predicted octanol–water partition coefficient (Wildman–Crippen LogP) is 0.0636. The van der Waals surface area contributed by atoms with Crippen molar-refractivity contribution in [3.63, 3.8) is 0 Å². The van der Waals surface area contributed by atoms with Crippen LogP contribution in [0, 0.1) is 0 Å². The average Bonchev–Trinajstić information content (AvgIpc) is 2.87. The number of aromatic amines is 1. The molecule has 0 atom stereocenters. The molecule has 14 heavy (non-hydrogen) atoms. The van der Waals surface area contributed by atoms with Crippen LogP contribution < -0.4 is 16.3 Å². The number of aromatic nitrogens is 2. The SMILES string of the molecule is CNCc1cc(NC2CC2)nc(=O)[nH]1. The fourth-order valence-electron chi connectivity index (χ4n) is 1.30. The molecule has 0 unspecified atom stereocenters. The number of nitrogens with one attached hydrogen (secondary N) is 3. The fraction of sp³-hybridized carbons (Fsp3) is 0.556. The molecule has 1 saturated carbocycles. The van der Waals surface area contributed by atoms with Crippen LogP contribution in [0.4, 0.5) is 5.82 Å². The molecule has 0 aliphatic heterocycles. The molecule has 1 aliphatic rings. The Hall–Kier alpha value is -1.36. The minimum atomic E-state index is -0.291. The van der Waals surface area contributed by atoms with Gasteiger partial charge >= 0.3 is 5.69 Å². The normalized spacial score (nSPS) is 15.5. The van der Waals surface area contributed by atoms with E-state index < -0.39 is 0 Å². The van der Waals surface area contributed by atoms with Crippen LogP contribution in [0.1, 0.15) is 18.5 Å². The summed E-state index contributed by atoms with van der Waals surface area (Å²) in [7, 11) is 1.84. The number of rotatable bonds is 4. The molecule has 3 N–H and O–H groups in total. The molecule has 1 heterocycles. The standard InChI is InChI=1S/C9H14N4O/c1-10-5-7-4-8(11-6-2-3-6)13-9(14)12-7/h4,6,10H,2-3,5H2,1H3,(H2,11,12,13,14). The van der Waals surface area contributed by atoms with Crippen LogP contribution in [-0.2, 0) is 6.54 Å². The quantitative estimate of drug-likeness (QED) is 0.634. The minimum absolute atomic E-state index is 0.291.